The van der Waals surface area contributed by atoms with E-state index in [9.17, 15) is 4.39 Å². The zero-order valence-corrected chi connectivity index (χ0v) is 19.0. The third-order valence-electron chi connectivity index (χ3n) is 7.21. The van der Waals surface area contributed by atoms with E-state index in [0.29, 0.717) is 11.8 Å². The summed E-state index contributed by atoms with van der Waals surface area (Å²) in [6.45, 7) is 21.1. The van der Waals surface area contributed by atoms with Crippen LogP contribution in [0.2, 0.25) is 0 Å². The van der Waals surface area contributed by atoms with Gasteiger partial charge < -0.3 is 0 Å². The van der Waals surface area contributed by atoms with E-state index in [2.05, 4.69) is 62.3 Å². The first-order valence-electron chi connectivity index (χ1n) is 11.2. The molecule has 0 N–H and O–H groups in total. The van der Waals surface area contributed by atoms with E-state index >= 15 is 0 Å². The number of hydrogen-bond donors (Lipinski definition) is 0. The molecule has 0 aliphatic rings. The third-order valence-corrected chi connectivity index (χ3v) is 7.21. The van der Waals surface area contributed by atoms with Crippen LogP contribution in [-0.4, -0.2) is 6.67 Å². The Balaban J connectivity index is 4.99. The van der Waals surface area contributed by atoms with Crippen LogP contribution in [-0.2, 0) is 0 Å². The second-order valence-electron chi connectivity index (χ2n) is 9.95. The molecule has 0 rings (SSSR count). The van der Waals surface area contributed by atoms with Crippen LogP contribution in [0.15, 0.2) is 0 Å². The minimum Gasteiger partial charge on any atom is -0.251 e. The second kappa shape index (κ2) is 12.3. The first kappa shape index (κ1) is 24.9. The lowest BCUT2D eigenvalue weighted by Gasteiger charge is -2.42. The van der Waals surface area contributed by atoms with Crippen molar-refractivity contribution in [1.82, 2.24) is 0 Å². The van der Waals surface area contributed by atoms with Crippen LogP contribution in [0.3, 0.4) is 0 Å². The number of alkyl halides is 1. The van der Waals surface area contributed by atoms with Gasteiger partial charge in [0.15, 0.2) is 0 Å². The Morgan fingerprint density at radius 1 is 0.840 bits per heavy atom. The number of rotatable bonds is 14. The first-order chi connectivity index (χ1) is 11.6. The number of hydrogen-bond acceptors (Lipinski definition) is 0. The molecule has 0 fully saturated rings. The molecular formula is C24H49F. The molecule has 0 aliphatic carbocycles. The Morgan fingerprint density at radius 2 is 1.40 bits per heavy atom. The van der Waals surface area contributed by atoms with Gasteiger partial charge >= 0.3 is 0 Å². The van der Waals surface area contributed by atoms with E-state index in [1.54, 1.807) is 0 Å². The lowest BCUT2D eigenvalue weighted by Crippen LogP contribution is -2.33. The highest BCUT2D eigenvalue weighted by atomic mass is 19.1. The molecule has 25 heavy (non-hydrogen) atoms. The van der Waals surface area contributed by atoms with Crippen molar-refractivity contribution in [2.45, 2.75) is 107 Å². The van der Waals surface area contributed by atoms with Gasteiger partial charge in [-0.3, -0.25) is 4.39 Å². The summed E-state index contributed by atoms with van der Waals surface area (Å²) in [5.74, 6) is 4.36. The van der Waals surface area contributed by atoms with Crippen molar-refractivity contribution < 1.29 is 4.39 Å². The summed E-state index contributed by atoms with van der Waals surface area (Å²) in [4.78, 5) is 0. The first-order valence-corrected chi connectivity index (χ1v) is 11.2. The maximum absolute atomic E-state index is 13.4. The van der Waals surface area contributed by atoms with E-state index in [1.807, 2.05) is 0 Å². The Kier molecular flexibility index (Phi) is 12.3. The van der Waals surface area contributed by atoms with Crippen LogP contribution in [0.5, 0.6) is 0 Å². The van der Waals surface area contributed by atoms with Crippen molar-refractivity contribution in [2.75, 3.05) is 6.67 Å². The average molecular weight is 357 g/mol. The summed E-state index contributed by atoms with van der Waals surface area (Å²) in [7, 11) is 0. The second-order valence-corrected chi connectivity index (χ2v) is 9.95. The molecule has 0 heterocycles. The minimum absolute atomic E-state index is 0.144. The highest BCUT2D eigenvalue weighted by molar-refractivity contribution is 4.86. The minimum atomic E-state index is -0.171. The van der Waals surface area contributed by atoms with E-state index in [4.69, 9.17) is 0 Å². The zero-order valence-electron chi connectivity index (χ0n) is 19.0. The van der Waals surface area contributed by atoms with Crippen LogP contribution in [0.4, 0.5) is 4.39 Å². The third kappa shape index (κ3) is 8.91. The molecule has 0 amide bonds. The SMILES string of the molecule is CCCC(C)C(C)C(C)(CCF)CC(CC)CC(C)C(C)CC(C)C. The van der Waals surface area contributed by atoms with Crippen molar-refractivity contribution in [3.63, 3.8) is 0 Å². The predicted molar refractivity (Wildman–Crippen MR) is 113 cm³/mol. The smallest absolute Gasteiger partial charge is 0.0899 e. The fraction of sp³-hybridized carbons (Fsp3) is 1.00. The van der Waals surface area contributed by atoms with Gasteiger partial charge in [-0.2, -0.15) is 0 Å². The normalized spacial score (nSPS) is 20.8. The summed E-state index contributed by atoms with van der Waals surface area (Å²) in [5, 5.41) is 0. The molecule has 0 aliphatic heterocycles. The molecular weight excluding hydrogens is 307 g/mol. The van der Waals surface area contributed by atoms with Gasteiger partial charge in [0.05, 0.1) is 6.67 Å². The zero-order chi connectivity index (χ0) is 19.6. The van der Waals surface area contributed by atoms with Gasteiger partial charge in [0.1, 0.15) is 0 Å². The fourth-order valence-corrected chi connectivity index (χ4v) is 4.91. The van der Waals surface area contributed by atoms with E-state index < -0.39 is 0 Å². The number of halogens is 1. The molecule has 1 heteroatoms. The van der Waals surface area contributed by atoms with Crippen LogP contribution in [0.1, 0.15) is 107 Å². The van der Waals surface area contributed by atoms with Crippen LogP contribution < -0.4 is 0 Å². The summed E-state index contributed by atoms with van der Waals surface area (Å²) >= 11 is 0. The largest absolute Gasteiger partial charge is 0.251 e. The van der Waals surface area contributed by atoms with Gasteiger partial charge in [-0.25, -0.2) is 0 Å². The molecule has 0 spiro atoms. The van der Waals surface area contributed by atoms with Crippen molar-refractivity contribution >= 4 is 0 Å². The Hall–Kier alpha value is -0.0700. The maximum atomic E-state index is 13.4. The monoisotopic (exact) mass is 356 g/mol. The van der Waals surface area contributed by atoms with Gasteiger partial charge in [0.25, 0.3) is 0 Å². The molecule has 0 aromatic heterocycles. The molecule has 0 bridgehead atoms. The quantitative estimate of drug-likeness (QED) is 0.292. The molecule has 152 valence electrons. The molecule has 0 saturated heterocycles. The van der Waals surface area contributed by atoms with Gasteiger partial charge in [-0.1, -0.05) is 81.6 Å². The van der Waals surface area contributed by atoms with Crippen molar-refractivity contribution in [2.24, 2.45) is 40.9 Å². The molecule has 6 atom stereocenters. The lowest BCUT2D eigenvalue weighted by atomic mass is 9.64. The average Bonchev–Trinajstić information content (AvgIpc) is 2.53. The highest BCUT2D eigenvalue weighted by Gasteiger charge is 2.36. The van der Waals surface area contributed by atoms with Gasteiger partial charge in [0.2, 0.25) is 0 Å². The fourth-order valence-electron chi connectivity index (χ4n) is 4.91. The topological polar surface area (TPSA) is 0 Å². The van der Waals surface area contributed by atoms with Crippen molar-refractivity contribution in [3.05, 3.63) is 0 Å². The standard InChI is InChI=1S/C24H49F/c1-10-12-19(5)22(8)24(9,13-14-25)17-23(11-2)16-21(7)20(6)15-18(3)4/h18-23H,10-17H2,1-9H3. The van der Waals surface area contributed by atoms with E-state index in [0.717, 1.165) is 30.1 Å². The Morgan fingerprint density at radius 3 is 1.84 bits per heavy atom. The van der Waals surface area contributed by atoms with Gasteiger partial charge in [-0.15, -0.1) is 0 Å². The van der Waals surface area contributed by atoms with E-state index in [-0.39, 0.29) is 12.1 Å². The van der Waals surface area contributed by atoms with Crippen LogP contribution in [0, 0.1) is 40.9 Å². The van der Waals surface area contributed by atoms with Crippen molar-refractivity contribution in [3.8, 4) is 0 Å². The molecule has 0 aromatic rings. The molecule has 6 unspecified atom stereocenters. The summed E-state index contributed by atoms with van der Waals surface area (Å²) in [6, 6.07) is 0. The summed E-state index contributed by atoms with van der Waals surface area (Å²) in [5.41, 5.74) is 0.144. The van der Waals surface area contributed by atoms with E-state index in [1.165, 1.54) is 38.5 Å². The Bertz CT molecular complexity index is 324. The lowest BCUT2D eigenvalue weighted by molar-refractivity contribution is 0.0725. The predicted octanol–water partition coefficient (Wildman–Crippen LogP) is 8.55. The highest BCUT2D eigenvalue weighted by Crippen LogP contribution is 2.45. The van der Waals surface area contributed by atoms with Crippen LogP contribution in [0.25, 0.3) is 0 Å². The van der Waals surface area contributed by atoms with Crippen molar-refractivity contribution in [1.29, 1.82) is 0 Å². The maximum Gasteiger partial charge on any atom is 0.0899 e. The van der Waals surface area contributed by atoms with Gasteiger partial charge in [0, 0.05) is 0 Å². The molecule has 0 saturated carbocycles. The Labute approximate surface area is 159 Å². The van der Waals surface area contributed by atoms with Gasteiger partial charge in [-0.05, 0) is 66.6 Å². The summed E-state index contributed by atoms with van der Waals surface area (Å²) < 4.78 is 13.4. The molecule has 0 aromatic carbocycles. The van der Waals surface area contributed by atoms with Crippen LogP contribution >= 0.6 is 0 Å². The molecule has 0 nitrogen and oxygen atoms in total. The summed E-state index contributed by atoms with van der Waals surface area (Å²) in [6.07, 6.45) is 8.29. The molecule has 0 radical (unpaired) electrons.